The SMILES string of the molecule is CO[C@H]1CN(CCOS(C)(=O)=O)CC[C@H]1NC(=O)OC(C)(C)C. The zero-order valence-electron chi connectivity index (χ0n) is 14.5. The van der Waals surface area contributed by atoms with E-state index in [1.54, 1.807) is 7.11 Å². The third-order valence-electron chi connectivity index (χ3n) is 3.35. The van der Waals surface area contributed by atoms with Gasteiger partial charge in [0.1, 0.15) is 5.60 Å². The molecule has 1 rings (SSSR count). The molecule has 0 aromatic carbocycles. The third-order valence-corrected chi connectivity index (χ3v) is 3.95. The fourth-order valence-corrected chi connectivity index (χ4v) is 2.74. The monoisotopic (exact) mass is 352 g/mol. The highest BCUT2D eigenvalue weighted by atomic mass is 32.2. The van der Waals surface area contributed by atoms with E-state index < -0.39 is 21.8 Å². The molecule has 9 heteroatoms. The molecular weight excluding hydrogens is 324 g/mol. The second-order valence-corrected chi connectivity index (χ2v) is 8.29. The molecule has 0 saturated carbocycles. The highest BCUT2D eigenvalue weighted by Crippen LogP contribution is 2.15. The van der Waals surface area contributed by atoms with E-state index in [9.17, 15) is 13.2 Å². The minimum Gasteiger partial charge on any atom is -0.444 e. The average molecular weight is 352 g/mol. The number of hydrogen-bond donors (Lipinski definition) is 1. The Hall–Kier alpha value is -0.900. The van der Waals surface area contributed by atoms with Gasteiger partial charge in [0, 0.05) is 26.7 Å². The van der Waals surface area contributed by atoms with Gasteiger partial charge in [-0.05, 0) is 27.2 Å². The summed E-state index contributed by atoms with van der Waals surface area (Å²) in [5, 5.41) is 2.84. The predicted molar refractivity (Wildman–Crippen MR) is 85.8 cm³/mol. The lowest BCUT2D eigenvalue weighted by atomic mass is 10.0. The van der Waals surface area contributed by atoms with Crippen LogP contribution in [0.15, 0.2) is 0 Å². The Kier molecular flexibility index (Phi) is 7.25. The molecule has 0 aromatic heterocycles. The Morgan fingerprint density at radius 2 is 2.00 bits per heavy atom. The van der Waals surface area contributed by atoms with Gasteiger partial charge in [0.2, 0.25) is 0 Å². The number of methoxy groups -OCH3 is 1. The van der Waals surface area contributed by atoms with E-state index in [-0.39, 0.29) is 18.8 Å². The van der Waals surface area contributed by atoms with Gasteiger partial charge in [0.25, 0.3) is 10.1 Å². The highest BCUT2D eigenvalue weighted by molar-refractivity contribution is 7.85. The van der Waals surface area contributed by atoms with Crippen molar-refractivity contribution < 1.29 is 26.9 Å². The number of hydrogen-bond acceptors (Lipinski definition) is 7. The van der Waals surface area contributed by atoms with Crippen LogP contribution in [0.3, 0.4) is 0 Å². The molecule has 23 heavy (non-hydrogen) atoms. The van der Waals surface area contributed by atoms with Crippen LogP contribution < -0.4 is 5.32 Å². The molecule has 1 fully saturated rings. The molecule has 1 amide bonds. The molecule has 1 saturated heterocycles. The second-order valence-electron chi connectivity index (χ2n) is 6.64. The number of likely N-dealkylation sites (tertiary alicyclic amines) is 1. The number of piperidine rings is 1. The van der Waals surface area contributed by atoms with Crippen LogP contribution in [-0.2, 0) is 23.8 Å². The molecular formula is C14H28N2O6S. The van der Waals surface area contributed by atoms with Crippen molar-refractivity contribution >= 4 is 16.2 Å². The fraction of sp³-hybridized carbons (Fsp3) is 0.929. The van der Waals surface area contributed by atoms with Crippen molar-refractivity contribution in [2.24, 2.45) is 0 Å². The van der Waals surface area contributed by atoms with Crippen molar-refractivity contribution in [2.75, 3.05) is 39.6 Å². The largest absolute Gasteiger partial charge is 0.444 e. The maximum Gasteiger partial charge on any atom is 0.407 e. The van der Waals surface area contributed by atoms with E-state index in [4.69, 9.17) is 13.7 Å². The number of amides is 1. The van der Waals surface area contributed by atoms with Gasteiger partial charge in [0.05, 0.1) is 25.0 Å². The predicted octanol–water partition coefficient (Wildman–Crippen LogP) is 0.577. The quantitative estimate of drug-likeness (QED) is 0.699. The molecule has 0 radical (unpaired) electrons. The summed E-state index contributed by atoms with van der Waals surface area (Å²) < 4.78 is 37.4. The topological polar surface area (TPSA) is 94.2 Å². The maximum atomic E-state index is 11.9. The summed E-state index contributed by atoms with van der Waals surface area (Å²) in [6.07, 6.45) is 1.08. The zero-order valence-corrected chi connectivity index (χ0v) is 15.3. The number of nitrogens with zero attached hydrogens (tertiary/aromatic N) is 1. The Labute approximate surface area is 138 Å². The number of rotatable bonds is 6. The third kappa shape index (κ3) is 8.50. The van der Waals surface area contributed by atoms with Gasteiger partial charge in [0.15, 0.2) is 0 Å². The first-order valence-electron chi connectivity index (χ1n) is 7.59. The smallest absolute Gasteiger partial charge is 0.407 e. The maximum absolute atomic E-state index is 11.9. The molecule has 1 N–H and O–H groups in total. The lowest BCUT2D eigenvalue weighted by molar-refractivity contribution is -0.00472. The number of nitrogens with one attached hydrogen (secondary N) is 1. The van der Waals surface area contributed by atoms with Crippen molar-refractivity contribution in [2.45, 2.75) is 44.9 Å². The van der Waals surface area contributed by atoms with Crippen LogP contribution in [0.2, 0.25) is 0 Å². The zero-order chi connectivity index (χ0) is 17.7. The van der Waals surface area contributed by atoms with Crippen molar-refractivity contribution in [1.82, 2.24) is 10.2 Å². The molecule has 136 valence electrons. The van der Waals surface area contributed by atoms with Gasteiger partial charge in [-0.15, -0.1) is 0 Å². The normalized spacial score (nSPS) is 23.5. The number of ether oxygens (including phenoxy) is 2. The highest BCUT2D eigenvalue weighted by Gasteiger charge is 2.31. The van der Waals surface area contributed by atoms with Crippen LogP contribution >= 0.6 is 0 Å². The van der Waals surface area contributed by atoms with Gasteiger partial charge in [-0.3, -0.25) is 9.08 Å². The van der Waals surface area contributed by atoms with E-state index in [1.165, 1.54) is 0 Å². The van der Waals surface area contributed by atoms with Gasteiger partial charge >= 0.3 is 6.09 Å². The van der Waals surface area contributed by atoms with Crippen molar-refractivity contribution in [3.8, 4) is 0 Å². The van der Waals surface area contributed by atoms with Crippen molar-refractivity contribution in [3.05, 3.63) is 0 Å². The van der Waals surface area contributed by atoms with E-state index in [0.29, 0.717) is 26.1 Å². The van der Waals surface area contributed by atoms with Crippen LogP contribution in [0.1, 0.15) is 27.2 Å². The molecule has 8 nitrogen and oxygen atoms in total. The molecule has 1 aliphatic rings. The van der Waals surface area contributed by atoms with Gasteiger partial charge in [-0.2, -0.15) is 8.42 Å². The Morgan fingerprint density at radius 1 is 1.35 bits per heavy atom. The van der Waals surface area contributed by atoms with Crippen LogP contribution in [0, 0.1) is 0 Å². The molecule has 0 bridgehead atoms. The summed E-state index contributed by atoms with van der Waals surface area (Å²) >= 11 is 0. The van der Waals surface area contributed by atoms with E-state index in [2.05, 4.69) is 5.32 Å². The standard InChI is InChI=1S/C14H28N2O6S/c1-14(2,3)22-13(17)15-11-6-7-16(10-12(11)20-4)8-9-21-23(5,18)19/h11-12H,6-10H2,1-5H3,(H,15,17)/t11-,12+/m1/s1. The van der Waals surface area contributed by atoms with Gasteiger partial charge in [-0.1, -0.05) is 0 Å². The second kappa shape index (κ2) is 8.27. The summed E-state index contributed by atoms with van der Waals surface area (Å²) in [5.41, 5.74) is -0.545. The van der Waals surface area contributed by atoms with Crippen molar-refractivity contribution in [1.29, 1.82) is 0 Å². The molecule has 0 aliphatic carbocycles. The van der Waals surface area contributed by atoms with Crippen molar-refractivity contribution in [3.63, 3.8) is 0 Å². The molecule has 0 spiro atoms. The fourth-order valence-electron chi connectivity index (χ4n) is 2.36. The van der Waals surface area contributed by atoms with Crippen LogP contribution in [-0.4, -0.2) is 76.8 Å². The van der Waals surface area contributed by atoms with Crippen LogP contribution in [0.5, 0.6) is 0 Å². The van der Waals surface area contributed by atoms with Gasteiger partial charge in [-0.25, -0.2) is 4.79 Å². The summed E-state index contributed by atoms with van der Waals surface area (Å²) in [6.45, 7) is 7.34. The minimum absolute atomic E-state index is 0.111. The first-order valence-corrected chi connectivity index (χ1v) is 9.41. The van der Waals surface area contributed by atoms with Crippen LogP contribution in [0.4, 0.5) is 4.79 Å². The number of alkyl carbamates (subject to hydrolysis) is 1. The molecule has 0 aromatic rings. The minimum atomic E-state index is -3.42. The van der Waals surface area contributed by atoms with E-state index >= 15 is 0 Å². The molecule has 1 aliphatic heterocycles. The number of carbonyl (C=O) groups excluding carboxylic acids is 1. The average Bonchev–Trinajstić information content (AvgIpc) is 2.36. The Bertz CT molecular complexity index is 488. The molecule has 1 heterocycles. The summed E-state index contributed by atoms with van der Waals surface area (Å²) in [7, 11) is -1.83. The molecule has 0 unspecified atom stereocenters. The van der Waals surface area contributed by atoms with Gasteiger partial charge < -0.3 is 14.8 Å². The molecule has 2 atom stereocenters. The summed E-state index contributed by atoms with van der Waals surface area (Å²) in [6, 6.07) is -0.137. The number of carbonyl (C=O) groups is 1. The summed E-state index contributed by atoms with van der Waals surface area (Å²) in [4.78, 5) is 13.9. The van der Waals surface area contributed by atoms with Crippen LogP contribution in [0.25, 0.3) is 0 Å². The Morgan fingerprint density at radius 3 is 2.52 bits per heavy atom. The Balaban J connectivity index is 2.44. The first kappa shape index (κ1) is 20.1. The summed E-state index contributed by atoms with van der Waals surface area (Å²) in [5.74, 6) is 0. The lowest BCUT2D eigenvalue weighted by Crippen LogP contribution is -2.55. The lowest BCUT2D eigenvalue weighted by Gasteiger charge is -2.38. The first-order chi connectivity index (χ1) is 10.5. The van der Waals surface area contributed by atoms with E-state index in [1.807, 2.05) is 25.7 Å². The van der Waals surface area contributed by atoms with E-state index in [0.717, 1.165) is 6.26 Å².